The molecule has 1 unspecified atom stereocenters. The van der Waals surface area contributed by atoms with Crippen LogP contribution in [0.25, 0.3) is 0 Å². The van der Waals surface area contributed by atoms with Crippen LogP contribution in [-0.2, 0) is 11.2 Å². The van der Waals surface area contributed by atoms with Crippen molar-refractivity contribution < 1.29 is 4.74 Å². The monoisotopic (exact) mass is 234 g/mol. The van der Waals surface area contributed by atoms with E-state index in [1.807, 2.05) is 0 Å². The number of ether oxygens (including phenoxy) is 1. The Balaban J connectivity index is 1.82. The number of nitrogens with zero attached hydrogens (tertiary/aromatic N) is 1. The minimum absolute atomic E-state index is 0.217. The van der Waals surface area contributed by atoms with Gasteiger partial charge in [-0.1, -0.05) is 29.8 Å². The van der Waals surface area contributed by atoms with E-state index in [0.29, 0.717) is 0 Å². The summed E-state index contributed by atoms with van der Waals surface area (Å²) in [5, 5.41) is 0. The molecule has 17 heavy (non-hydrogen) atoms. The first-order chi connectivity index (χ1) is 8.24. The molecule has 1 aromatic rings. The number of hydrogen-bond donors (Lipinski definition) is 1. The Morgan fingerprint density at radius 1 is 1.35 bits per heavy atom. The van der Waals surface area contributed by atoms with E-state index in [0.717, 1.165) is 39.3 Å². The van der Waals surface area contributed by atoms with Gasteiger partial charge in [-0.15, -0.1) is 0 Å². The molecule has 3 nitrogen and oxygen atoms in total. The van der Waals surface area contributed by atoms with Crippen molar-refractivity contribution in [1.29, 1.82) is 0 Å². The van der Waals surface area contributed by atoms with Crippen LogP contribution in [0.3, 0.4) is 0 Å². The first kappa shape index (κ1) is 12.6. The van der Waals surface area contributed by atoms with E-state index < -0.39 is 0 Å². The van der Waals surface area contributed by atoms with Crippen LogP contribution in [0.2, 0.25) is 0 Å². The highest BCUT2D eigenvalue weighted by molar-refractivity contribution is 5.22. The number of benzene rings is 1. The Bertz CT molecular complexity index is 348. The Hall–Kier alpha value is -0.900. The van der Waals surface area contributed by atoms with Gasteiger partial charge in [0.25, 0.3) is 0 Å². The second kappa shape index (κ2) is 6.15. The molecule has 2 N–H and O–H groups in total. The minimum atomic E-state index is 0.217. The molecule has 3 heteroatoms. The molecule has 94 valence electrons. The van der Waals surface area contributed by atoms with E-state index >= 15 is 0 Å². The molecule has 1 heterocycles. The predicted molar refractivity (Wildman–Crippen MR) is 70.1 cm³/mol. The zero-order chi connectivity index (χ0) is 12.1. The van der Waals surface area contributed by atoms with Crippen LogP contribution in [0, 0.1) is 6.92 Å². The normalized spacial score (nSPS) is 19.2. The molecule has 1 aromatic carbocycles. The van der Waals surface area contributed by atoms with Gasteiger partial charge in [0.15, 0.2) is 0 Å². The molecule has 0 aromatic heterocycles. The molecule has 1 atom stereocenters. The summed E-state index contributed by atoms with van der Waals surface area (Å²) in [6.45, 7) is 6.81. The van der Waals surface area contributed by atoms with Crippen LogP contribution < -0.4 is 5.73 Å². The van der Waals surface area contributed by atoms with Gasteiger partial charge in [0, 0.05) is 25.7 Å². The van der Waals surface area contributed by atoms with Gasteiger partial charge in [0.1, 0.15) is 0 Å². The molecule has 0 amide bonds. The summed E-state index contributed by atoms with van der Waals surface area (Å²) in [7, 11) is 0. The highest BCUT2D eigenvalue weighted by atomic mass is 16.5. The summed E-state index contributed by atoms with van der Waals surface area (Å²) in [4.78, 5) is 2.39. The van der Waals surface area contributed by atoms with Crippen molar-refractivity contribution in [3.63, 3.8) is 0 Å². The van der Waals surface area contributed by atoms with Crippen LogP contribution in [-0.4, -0.2) is 43.8 Å². The van der Waals surface area contributed by atoms with E-state index in [4.69, 9.17) is 10.5 Å². The Kier molecular flexibility index (Phi) is 4.54. The summed E-state index contributed by atoms with van der Waals surface area (Å²) >= 11 is 0. The van der Waals surface area contributed by atoms with Crippen molar-refractivity contribution in [3.8, 4) is 0 Å². The van der Waals surface area contributed by atoms with Gasteiger partial charge in [-0.05, 0) is 18.9 Å². The zero-order valence-corrected chi connectivity index (χ0v) is 10.6. The molecule has 1 aliphatic heterocycles. The molecule has 0 radical (unpaired) electrons. The number of rotatable bonds is 4. The van der Waals surface area contributed by atoms with Crippen molar-refractivity contribution in [2.24, 2.45) is 5.73 Å². The number of nitrogens with two attached hydrogens (primary N) is 1. The molecular weight excluding hydrogens is 212 g/mol. The van der Waals surface area contributed by atoms with Gasteiger partial charge in [-0.3, -0.25) is 4.90 Å². The van der Waals surface area contributed by atoms with Gasteiger partial charge >= 0.3 is 0 Å². The van der Waals surface area contributed by atoms with Crippen LogP contribution in [0.1, 0.15) is 11.1 Å². The Morgan fingerprint density at radius 3 is 2.82 bits per heavy atom. The quantitative estimate of drug-likeness (QED) is 0.850. The molecular formula is C14H22N2O. The molecule has 0 aliphatic carbocycles. The standard InChI is InChI=1S/C14H22N2O/c1-12-3-2-4-13(9-12)10-14(15)11-16-5-7-17-8-6-16/h2-4,9,14H,5-8,10-11,15H2,1H3. The summed E-state index contributed by atoms with van der Waals surface area (Å²) < 4.78 is 5.33. The third-order valence-electron chi connectivity index (χ3n) is 3.18. The van der Waals surface area contributed by atoms with Gasteiger partial charge < -0.3 is 10.5 Å². The lowest BCUT2D eigenvalue weighted by Crippen LogP contribution is -2.44. The average molecular weight is 234 g/mol. The van der Waals surface area contributed by atoms with Crippen molar-refractivity contribution in [3.05, 3.63) is 35.4 Å². The van der Waals surface area contributed by atoms with Crippen LogP contribution in [0.5, 0.6) is 0 Å². The molecule has 1 saturated heterocycles. The zero-order valence-electron chi connectivity index (χ0n) is 10.6. The van der Waals surface area contributed by atoms with Crippen LogP contribution >= 0.6 is 0 Å². The van der Waals surface area contributed by atoms with Crippen molar-refractivity contribution in [2.75, 3.05) is 32.8 Å². The van der Waals surface area contributed by atoms with Gasteiger partial charge in [0.2, 0.25) is 0 Å². The lowest BCUT2D eigenvalue weighted by Gasteiger charge is -2.29. The first-order valence-corrected chi connectivity index (χ1v) is 6.35. The Labute approximate surface area is 104 Å². The summed E-state index contributed by atoms with van der Waals surface area (Å²) in [6.07, 6.45) is 0.957. The number of aryl methyl sites for hydroxylation is 1. The molecule has 1 fully saturated rings. The van der Waals surface area contributed by atoms with Crippen molar-refractivity contribution in [2.45, 2.75) is 19.4 Å². The largest absolute Gasteiger partial charge is 0.379 e. The predicted octanol–water partition coefficient (Wildman–Crippen LogP) is 1.20. The highest BCUT2D eigenvalue weighted by Gasteiger charge is 2.14. The third kappa shape index (κ3) is 4.11. The van der Waals surface area contributed by atoms with Crippen molar-refractivity contribution in [1.82, 2.24) is 4.90 Å². The summed E-state index contributed by atoms with van der Waals surface area (Å²) in [6, 6.07) is 8.82. The van der Waals surface area contributed by atoms with E-state index in [2.05, 4.69) is 36.1 Å². The average Bonchev–Trinajstić information content (AvgIpc) is 2.30. The van der Waals surface area contributed by atoms with Crippen LogP contribution in [0.15, 0.2) is 24.3 Å². The Morgan fingerprint density at radius 2 is 2.12 bits per heavy atom. The SMILES string of the molecule is Cc1cccc(CC(N)CN2CCOCC2)c1. The fraction of sp³-hybridized carbons (Fsp3) is 0.571. The highest BCUT2D eigenvalue weighted by Crippen LogP contribution is 2.07. The second-order valence-corrected chi connectivity index (χ2v) is 4.87. The molecule has 0 spiro atoms. The van der Waals surface area contributed by atoms with E-state index in [-0.39, 0.29) is 6.04 Å². The lowest BCUT2D eigenvalue weighted by molar-refractivity contribution is 0.0353. The van der Waals surface area contributed by atoms with Crippen LogP contribution in [0.4, 0.5) is 0 Å². The van der Waals surface area contributed by atoms with Gasteiger partial charge in [0.05, 0.1) is 13.2 Å². The van der Waals surface area contributed by atoms with Gasteiger partial charge in [-0.25, -0.2) is 0 Å². The second-order valence-electron chi connectivity index (χ2n) is 4.87. The molecule has 0 bridgehead atoms. The topological polar surface area (TPSA) is 38.5 Å². The fourth-order valence-corrected chi connectivity index (χ4v) is 2.32. The first-order valence-electron chi connectivity index (χ1n) is 6.35. The maximum absolute atomic E-state index is 6.20. The molecule has 0 saturated carbocycles. The fourth-order valence-electron chi connectivity index (χ4n) is 2.32. The molecule has 1 aliphatic rings. The number of morpholine rings is 1. The maximum atomic E-state index is 6.20. The number of hydrogen-bond acceptors (Lipinski definition) is 3. The summed E-state index contributed by atoms with van der Waals surface area (Å²) in [5.41, 5.74) is 8.85. The van der Waals surface area contributed by atoms with Gasteiger partial charge in [-0.2, -0.15) is 0 Å². The van der Waals surface area contributed by atoms with Crippen molar-refractivity contribution >= 4 is 0 Å². The van der Waals surface area contributed by atoms with E-state index in [1.54, 1.807) is 0 Å². The van der Waals surface area contributed by atoms with E-state index in [9.17, 15) is 0 Å². The van der Waals surface area contributed by atoms with E-state index in [1.165, 1.54) is 11.1 Å². The maximum Gasteiger partial charge on any atom is 0.0594 e. The molecule has 2 rings (SSSR count). The summed E-state index contributed by atoms with van der Waals surface area (Å²) in [5.74, 6) is 0. The lowest BCUT2D eigenvalue weighted by atomic mass is 10.0. The minimum Gasteiger partial charge on any atom is -0.379 e. The third-order valence-corrected chi connectivity index (χ3v) is 3.18. The smallest absolute Gasteiger partial charge is 0.0594 e.